The highest BCUT2D eigenvalue weighted by molar-refractivity contribution is 7.09. The van der Waals surface area contributed by atoms with Gasteiger partial charge in [-0.05, 0) is 41.1 Å². The number of alkyl carbamates (subject to hydrolysis) is 1. The van der Waals surface area contributed by atoms with E-state index < -0.39 is 11.7 Å². The van der Waals surface area contributed by atoms with Gasteiger partial charge < -0.3 is 15.0 Å². The Hall–Kier alpha value is -3.19. The van der Waals surface area contributed by atoms with E-state index in [2.05, 4.69) is 5.32 Å². The molecular weight excluding hydrogens is 439 g/mol. The van der Waals surface area contributed by atoms with Crippen LogP contribution in [0.4, 0.5) is 9.18 Å². The van der Waals surface area contributed by atoms with Crippen LogP contribution in [0.25, 0.3) is 0 Å². The molecule has 0 spiro atoms. The number of nitrogens with one attached hydrogen (secondary N) is 1. The van der Waals surface area contributed by atoms with E-state index in [1.807, 2.05) is 52.7 Å². The Balaban J connectivity index is 1.37. The van der Waals surface area contributed by atoms with E-state index in [0.29, 0.717) is 45.3 Å². The predicted octanol–water partition coefficient (Wildman–Crippen LogP) is 5.26. The van der Waals surface area contributed by atoms with Gasteiger partial charge in [-0.25, -0.2) is 9.18 Å². The number of hydrogen-bond donors (Lipinski definition) is 1. The molecule has 0 unspecified atom stereocenters. The number of rotatable bonds is 7. The quantitative estimate of drug-likeness (QED) is 0.517. The minimum absolute atomic E-state index is 0.0585. The first-order chi connectivity index (χ1) is 16.0. The van der Waals surface area contributed by atoms with Gasteiger partial charge in [-0.1, -0.05) is 48.5 Å². The third-order valence-electron chi connectivity index (χ3n) is 6.04. The fourth-order valence-electron chi connectivity index (χ4n) is 4.16. The minimum atomic E-state index is -0.769. The lowest BCUT2D eigenvalue weighted by atomic mass is 9.84. The second-order valence-corrected chi connectivity index (χ2v) is 9.22. The Morgan fingerprint density at radius 3 is 2.39 bits per heavy atom. The van der Waals surface area contributed by atoms with Crippen LogP contribution in [0.15, 0.2) is 72.1 Å². The van der Waals surface area contributed by atoms with Gasteiger partial charge in [0, 0.05) is 37.2 Å². The van der Waals surface area contributed by atoms with Gasteiger partial charge in [0.25, 0.3) is 0 Å². The summed E-state index contributed by atoms with van der Waals surface area (Å²) in [5.74, 6) is -0.221. The number of ether oxygens (including phenoxy) is 1. The summed E-state index contributed by atoms with van der Waals surface area (Å²) in [5.41, 5.74) is 1.11. The highest BCUT2D eigenvalue weighted by Gasteiger charge is 2.40. The van der Waals surface area contributed by atoms with E-state index in [4.69, 9.17) is 4.74 Å². The zero-order chi connectivity index (χ0) is 23.1. The number of aryl methyl sites for hydroxylation is 1. The zero-order valence-electron chi connectivity index (χ0n) is 18.3. The second kappa shape index (κ2) is 10.6. The second-order valence-electron chi connectivity index (χ2n) is 8.19. The van der Waals surface area contributed by atoms with Gasteiger partial charge in [0.15, 0.2) is 0 Å². The average Bonchev–Trinajstić information content (AvgIpc) is 3.37. The number of carbonyl (C=O) groups is 2. The van der Waals surface area contributed by atoms with Gasteiger partial charge in [0.05, 0.1) is 6.54 Å². The van der Waals surface area contributed by atoms with Crippen LogP contribution in [0.2, 0.25) is 0 Å². The third-order valence-corrected chi connectivity index (χ3v) is 6.92. The molecule has 4 rings (SSSR count). The highest BCUT2D eigenvalue weighted by Crippen LogP contribution is 2.37. The van der Waals surface area contributed by atoms with Crippen molar-refractivity contribution in [2.24, 2.45) is 0 Å². The summed E-state index contributed by atoms with van der Waals surface area (Å²) in [6.07, 6.45) is 1.55. The SMILES string of the molecule is O=C(NCc1cccs1)OC1(c2ccccc2)CCN(C(=O)CCc2ccc(F)cc2)CC1. The number of amides is 2. The molecule has 3 aromatic rings. The molecule has 0 radical (unpaired) electrons. The van der Waals surface area contributed by atoms with Crippen molar-refractivity contribution in [1.29, 1.82) is 0 Å². The minimum Gasteiger partial charge on any atom is -0.438 e. The number of carbonyl (C=O) groups excluding carboxylic acids is 2. The number of piperidine rings is 1. The first kappa shape index (κ1) is 23.0. The van der Waals surface area contributed by atoms with E-state index >= 15 is 0 Å². The molecule has 1 N–H and O–H groups in total. The molecule has 172 valence electrons. The maximum atomic E-state index is 13.1. The fraction of sp³-hybridized carbons (Fsp3) is 0.308. The molecule has 2 aromatic carbocycles. The summed E-state index contributed by atoms with van der Waals surface area (Å²) in [6, 6.07) is 19.9. The summed E-state index contributed by atoms with van der Waals surface area (Å²) < 4.78 is 19.1. The number of hydrogen-bond acceptors (Lipinski definition) is 4. The number of benzene rings is 2. The van der Waals surface area contributed by atoms with Gasteiger partial charge in [0.1, 0.15) is 11.4 Å². The molecule has 2 amide bonds. The van der Waals surface area contributed by atoms with E-state index in [0.717, 1.165) is 16.0 Å². The average molecular weight is 467 g/mol. The van der Waals surface area contributed by atoms with Gasteiger partial charge >= 0.3 is 6.09 Å². The van der Waals surface area contributed by atoms with Crippen molar-refractivity contribution in [1.82, 2.24) is 10.2 Å². The summed E-state index contributed by atoms with van der Waals surface area (Å²) in [5, 5.41) is 4.81. The summed E-state index contributed by atoms with van der Waals surface area (Å²) >= 11 is 1.58. The molecule has 1 fully saturated rings. The van der Waals surface area contributed by atoms with Crippen LogP contribution in [0, 0.1) is 5.82 Å². The van der Waals surface area contributed by atoms with E-state index in [-0.39, 0.29) is 11.7 Å². The van der Waals surface area contributed by atoms with Crippen molar-refractivity contribution in [3.05, 3.63) is 93.9 Å². The molecule has 0 bridgehead atoms. The van der Waals surface area contributed by atoms with E-state index in [1.165, 1.54) is 12.1 Å². The normalized spacial score (nSPS) is 15.1. The van der Waals surface area contributed by atoms with Crippen LogP contribution < -0.4 is 5.32 Å². The number of halogens is 1. The molecule has 2 heterocycles. The highest BCUT2D eigenvalue weighted by atomic mass is 32.1. The van der Waals surface area contributed by atoms with Gasteiger partial charge in [-0.2, -0.15) is 0 Å². The van der Waals surface area contributed by atoms with Crippen LogP contribution in [0.5, 0.6) is 0 Å². The molecular formula is C26H27FN2O3S. The molecule has 1 aromatic heterocycles. The number of nitrogens with zero attached hydrogens (tertiary/aromatic N) is 1. The van der Waals surface area contributed by atoms with Gasteiger partial charge in [-0.15, -0.1) is 11.3 Å². The fourth-order valence-corrected chi connectivity index (χ4v) is 4.80. The van der Waals surface area contributed by atoms with Gasteiger partial charge in [-0.3, -0.25) is 4.79 Å². The van der Waals surface area contributed by atoms with Crippen LogP contribution in [-0.4, -0.2) is 30.0 Å². The molecule has 5 nitrogen and oxygen atoms in total. The lowest BCUT2D eigenvalue weighted by Gasteiger charge is -2.41. The Bertz CT molecular complexity index is 1050. The smallest absolute Gasteiger partial charge is 0.408 e. The van der Waals surface area contributed by atoms with Crippen molar-refractivity contribution < 1.29 is 18.7 Å². The predicted molar refractivity (Wildman–Crippen MR) is 126 cm³/mol. The van der Waals surface area contributed by atoms with Crippen LogP contribution >= 0.6 is 11.3 Å². The van der Waals surface area contributed by atoms with E-state index in [9.17, 15) is 14.0 Å². The van der Waals surface area contributed by atoms with Crippen molar-refractivity contribution >= 4 is 23.3 Å². The first-order valence-electron chi connectivity index (χ1n) is 11.1. The number of thiophene rings is 1. The Morgan fingerprint density at radius 1 is 1.00 bits per heavy atom. The van der Waals surface area contributed by atoms with Crippen LogP contribution in [0.1, 0.15) is 35.3 Å². The Morgan fingerprint density at radius 2 is 1.73 bits per heavy atom. The zero-order valence-corrected chi connectivity index (χ0v) is 19.2. The molecule has 7 heteroatoms. The molecule has 33 heavy (non-hydrogen) atoms. The molecule has 0 atom stereocenters. The van der Waals surface area contributed by atoms with Crippen molar-refractivity contribution in [2.45, 2.75) is 37.8 Å². The maximum Gasteiger partial charge on any atom is 0.408 e. The van der Waals surface area contributed by atoms with Crippen LogP contribution in [-0.2, 0) is 28.1 Å². The summed E-state index contributed by atoms with van der Waals surface area (Å²) in [6.45, 7) is 1.44. The van der Waals surface area contributed by atoms with E-state index in [1.54, 1.807) is 23.5 Å². The summed E-state index contributed by atoms with van der Waals surface area (Å²) in [7, 11) is 0. The van der Waals surface area contributed by atoms with Crippen molar-refractivity contribution in [2.75, 3.05) is 13.1 Å². The maximum absolute atomic E-state index is 13.1. The molecule has 1 saturated heterocycles. The lowest BCUT2D eigenvalue weighted by molar-refractivity contribution is -0.135. The summed E-state index contributed by atoms with van der Waals surface area (Å²) in [4.78, 5) is 28.3. The monoisotopic (exact) mass is 466 g/mol. The van der Waals surface area contributed by atoms with Crippen molar-refractivity contribution in [3.8, 4) is 0 Å². The lowest BCUT2D eigenvalue weighted by Crippen LogP contribution is -2.48. The Labute approximate surface area is 197 Å². The Kier molecular flexibility index (Phi) is 7.40. The first-order valence-corrected chi connectivity index (χ1v) is 12.0. The van der Waals surface area contributed by atoms with Crippen molar-refractivity contribution in [3.63, 3.8) is 0 Å². The number of likely N-dealkylation sites (tertiary alicyclic amines) is 1. The van der Waals surface area contributed by atoms with Crippen LogP contribution in [0.3, 0.4) is 0 Å². The van der Waals surface area contributed by atoms with Gasteiger partial charge in [0.2, 0.25) is 5.91 Å². The molecule has 1 aliphatic rings. The standard InChI is InChI=1S/C26H27FN2O3S/c27-22-11-8-20(9-12-22)10-13-24(30)29-16-14-26(15-17-29,21-5-2-1-3-6-21)32-25(31)28-19-23-7-4-18-33-23/h1-9,11-12,18H,10,13-17,19H2,(H,28,31). The topological polar surface area (TPSA) is 58.6 Å². The molecule has 1 aliphatic heterocycles. The molecule has 0 saturated carbocycles. The largest absolute Gasteiger partial charge is 0.438 e. The molecule has 0 aliphatic carbocycles. The third kappa shape index (κ3) is 5.99.